The van der Waals surface area contributed by atoms with Crippen LogP contribution in [0, 0.1) is 11.6 Å². The molecular formula is C14H12BrF2N. The van der Waals surface area contributed by atoms with Crippen molar-refractivity contribution in [3.63, 3.8) is 0 Å². The molecule has 0 aromatic heterocycles. The van der Waals surface area contributed by atoms with Gasteiger partial charge in [-0.1, -0.05) is 34.1 Å². The highest BCUT2D eigenvalue weighted by atomic mass is 79.9. The maximum absolute atomic E-state index is 13.1. The minimum atomic E-state index is -0.292. The van der Waals surface area contributed by atoms with Crippen LogP contribution in [0.1, 0.15) is 17.2 Å². The molecule has 0 amide bonds. The van der Waals surface area contributed by atoms with E-state index in [0.717, 1.165) is 11.1 Å². The topological polar surface area (TPSA) is 12.0 Å². The highest BCUT2D eigenvalue weighted by Gasteiger charge is 2.15. The highest BCUT2D eigenvalue weighted by Crippen LogP contribution is 2.29. The summed E-state index contributed by atoms with van der Waals surface area (Å²) in [6.45, 7) is 0. The molecule has 0 fully saturated rings. The summed E-state index contributed by atoms with van der Waals surface area (Å²) >= 11 is 3.35. The molecular weight excluding hydrogens is 300 g/mol. The minimum absolute atomic E-state index is 0.111. The predicted molar refractivity (Wildman–Crippen MR) is 71.4 cm³/mol. The van der Waals surface area contributed by atoms with Crippen molar-refractivity contribution in [3.8, 4) is 0 Å². The summed E-state index contributed by atoms with van der Waals surface area (Å²) in [5, 5.41) is 3.14. The smallest absolute Gasteiger partial charge is 0.124 e. The molecule has 0 bridgehead atoms. The Bertz CT molecular complexity index is 540. The summed E-state index contributed by atoms with van der Waals surface area (Å²) in [7, 11) is 1.81. The normalized spacial score (nSPS) is 12.4. The van der Waals surface area contributed by atoms with Crippen molar-refractivity contribution in [2.75, 3.05) is 7.05 Å². The molecule has 18 heavy (non-hydrogen) atoms. The molecule has 0 aliphatic heterocycles. The number of nitrogens with one attached hydrogen (secondary N) is 1. The molecule has 0 aliphatic rings. The zero-order valence-electron chi connectivity index (χ0n) is 9.75. The predicted octanol–water partition coefficient (Wildman–Crippen LogP) is 4.04. The van der Waals surface area contributed by atoms with E-state index in [1.54, 1.807) is 18.2 Å². The summed E-state index contributed by atoms with van der Waals surface area (Å²) in [4.78, 5) is 0. The van der Waals surface area contributed by atoms with Gasteiger partial charge in [0.1, 0.15) is 11.6 Å². The van der Waals surface area contributed by atoms with Crippen LogP contribution in [0.25, 0.3) is 0 Å². The molecule has 0 radical (unpaired) electrons. The van der Waals surface area contributed by atoms with Crippen LogP contribution in [0.4, 0.5) is 8.78 Å². The fraction of sp³-hybridized carbons (Fsp3) is 0.143. The molecule has 2 rings (SSSR count). The first-order valence-corrected chi connectivity index (χ1v) is 6.29. The first kappa shape index (κ1) is 13.2. The zero-order valence-corrected chi connectivity index (χ0v) is 11.3. The standard InChI is InChI=1S/C14H12BrF2N/c1-18-14(9-2-4-10(16)5-3-9)12-7-6-11(17)8-13(12)15/h2-8,14,18H,1H3. The van der Waals surface area contributed by atoms with Crippen molar-refractivity contribution < 1.29 is 8.78 Å². The van der Waals surface area contributed by atoms with Gasteiger partial charge in [-0.25, -0.2) is 8.78 Å². The summed E-state index contributed by atoms with van der Waals surface area (Å²) in [5.41, 5.74) is 1.83. The highest BCUT2D eigenvalue weighted by molar-refractivity contribution is 9.10. The lowest BCUT2D eigenvalue weighted by atomic mass is 9.99. The van der Waals surface area contributed by atoms with E-state index in [-0.39, 0.29) is 17.7 Å². The van der Waals surface area contributed by atoms with E-state index in [4.69, 9.17) is 0 Å². The number of hydrogen-bond donors (Lipinski definition) is 1. The Hall–Kier alpha value is -1.26. The Labute approximate surface area is 113 Å². The van der Waals surface area contributed by atoms with Crippen LogP contribution in [0.15, 0.2) is 46.9 Å². The third-order valence-corrected chi connectivity index (χ3v) is 3.45. The third-order valence-electron chi connectivity index (χ3n) is 2.77. The van der Waals surface area contributed by atoms with Gasteiger partial charge in [0.05, 0.1) is 6.04 Å². The molecule has 0 aliphatic carbocycles. The Morgan fingerprint density at radius 2 is 1.61 bits per heavy atom. The average Bonchev–Trinajstić information content (AvgIpc) is 2.35. The Kier molecular flexibility index (Phi) is 4.09. The molecule has 2 aromatic rings. The average molecular weight is 312 g/mol. The van der Waals surface area contributed by atoms with E-state index >= 15 is 0 Å². The molecule has 1 atom stereocenters. The van der Waals surface area contributed by atoms with Crippen LogP contribution in [0.2, 0.25) is 0 Å². The van der Waals surface area contributed by atoms with Gasteiger partial charge < -0.3 is 5.32 Å². The fourth-order valence-electron chi connectivity index (χ4n) is 1.89. The molecule has 4 heteroatoms. The molecule has 0 heterocycles. The summed E-state index contributed by atoms with van der Waals surface area (Å²) in [6.07, 6.45) is 0. The largest absolute Gasteiger partial charge is 0.309 e. The van der Waals surface area contributed by atoms with E-state index in [0.29, 0.717) is 4.47 Å². The van der Waals surface area contributed by atoms with Crippen molar-refractivity contribution >= 4 is 15.9 Å². The monoisotopic (exact) mass is 311 g/mol. The number of benzene rings is 2. The van der Waals surface area contributed by atoms with Gasteiger partial charge in [0.2, 0.25) is 0 Å². The second-order valence-corrected chi connectivity index (χ2v) is 4.79. The molecule has 0 saturated carbocycles. The van der Waals surface area contributed by atoms with Gasteiger partial charge in [0.25, 0.3) is 0 Å². The van der Waals surface area contributed by atoms with Gasteiger partial charge in [0.15, 0.2) is 0 Å². The van der Waals surface area contributed by atoms with Crippen LogP contribution in [0.3, 0.4) is 0 Å². The number of hydrogen-bond acceptors (Lipinski definition) is 1. The summed E-state index contributed by atoms with van der Waals surface area (Å²) < 4.78 is 26.7. The van der Waals surface area contributed by atoms with Crippen molar-refractivity contribution in [1.82, 2.24) is 5.32 Å². The lowest BCUT2D eigenvalue weighted by Crippen LogP contribution is -2.18. The van der Waals surface area contributed by atoms with Crippen molar-refractivity contribution in [3.05, 3.63) is 69.7 Å². The first-order chi connectivity index (χ1) is 8.61. The second-order valence-electron chi connectivity index (χ2n) is 3.94. The third kappa shape index (κ3) is 2.76. The minimum Gasteiger partial charge on any atom is -0.309 e. The van der Waals surface area contributed by atoms with Gasteiger partial charge >= 0.3 is 0 Å². The number of halogens is 3. The Morgan fingerprint density at radius 3 is 2.17 bits per heavy atom. The van der Waals surface area contributed by atoms with Gasteiger partial charge in [-0.3, -0.25) is 0 Å². The van der Waals surface area contributed by atoms with E-state index in [2.05, 4.69) is 21.2 Å². The van der Waals surface area contributed by atoms with E-state index in [1.807, 2.05) is 7.05 Å². The maximum Gasteiger partial charge on any atom is 0.124 e. The molecule has 1 unspecified atom stereocenters. The van der Waals surface area contributed by atoms with E-state index in [9.17, 15) is 8.78 Å². The number of rotatable bonds is 3. The molecule has 2 aromatic carbocycles. The molecule has 1 nitrogen and oxygen atoms in total. The quantitative estimate of drug-likeness (QED) is 0.902. The molecule has 0 saturated heterocycles. The molecule has 94 valence electrons. The van der Waals surface area contributed by atoms with Crippen LogP contribution >= 0.6 is 15.9 Å². The van der Waals surface area contributed by atoms with Gasteiger partial charge in [-0.05, 0) is 42.4 Å². The van der Waals surface area contributed by atoms with Gasteiger partial charge in [0, 0.05) is 4.47 Å². The van der Waals surface area contributed by atoms with Crippen molar-refractivity contribution in [2.45, 2.75) is 6.04 Å². The Balaban J connectivity index is 2.41. The van der Waals surface area contributed by atoms with E-state index < -0.39 is 0 Å². The molecule has 0 spiro atoms. The van der Waals surface area contributed by atoms with E-state index in [1.165, 1.54) is 24.3 Å². The molecule has 1 N–H and O–H groups in total. The van der Waals surface area contributed by atoms with Crippen molar-refractivity contribution in [2.24, 2.45) is 0 Å². The lowest BCUT2D eigenvalue weighted by Gasteiger charge is -2.18. The maximum atomic E-state index is 13.1. The second kappa shape index (κ2) is 5.59. The fourth-order valence-corrected chi connectivity index (χ4v) is 2.47. The summed E-state index contributed by atoms with van der Waals surface area (Å²) in [6, 6.07) is 10.7. The SMILES string of the molecule is CNC(c1ccc(F)cc1)c1ccc(F)cc1Br. The van der Waals surface area contributed by atoms with Crippen LogP contribution in [-0.4, -0.2) is 7.05 Å². The van der Waals surface area contributed by atoms with Crippen molar-refractivity contribution in [1.29, 1.82) is 0 Å². The lowest BCUT2D eigenvalue weighted by molar-refractivity contribution is 0.618. The zero-order chi connectivity index (χ0) is 13.1. The van der Waals surface area contributed by atoms with Crippen LogP contribution in [-0.2, 0) is 0 Å². The Morgan fingerprint density at radius 1 is 1.00 bits per heavy atom. The van der Waals surface area contributed by atoms with Gasteiger partial charge in [-0.15, -0.1) is 0 Å². The summed E-state index contributed by atoms with van der Waals surface area (Å²) in [5.74, 6) is -0.564. The van der Waals surface area contributed by atoms with Crippen LogP contribution in [0.5, 0.6) is 0 Å². The van der Waals surface area contributed by atoms with Crippen LogP contribution < -0.4 is 5.32 Å². The first-order valence-electron chi connectivity index (χ1n) is 5.49. The van der Waals surface area contributed by atoms with Gasteiger partial charge in [-0.2, -0.15) is 0 Å².